The van der Waals surface area contributed by atoms with Gasteiger partial charge >= 0.3 is 0 Å². The number of ether oxygens (including phenoxy) is 1. The molecule has 0 unspecified atom stereocenters. The number of rotatable bonds is 4. The van der Waals surface area contributed by atoms with Crippen LogP contribution in [0.5, 0.6) is 5.75 Å². The van der Waals surface area contributed by atoms with Gasteiger partial charge in [0.15, 0.2) is 5.11 Å². The van der Waals surface area contributed by atoms with Crippen molar-refractivity contribution in [2.24, 2.45) is 5.10 Å². The van der Waals surface area contributed by atoms with Crippen molar-refractivity contribution in [1.29, 1.82) is 0 Å². The van der Waals surface area contributed by atoms with Crippen LogP contribution in [0.15, 0.2) is 23.3 Å². The highest BCUT2D eigenvalue weighted by molar-refractivity contribution is 7.80. The van der Waals surface area contributed by atoms with Crippen LogP contribution in [0.2, 0.25) is 5.02 Å². The largest absolute Gasteiger partial charge is 0.495 e. The zero-order chi connectivity index (χ0) is 12.7. The summed E-state index contributed by atoms with van der Waals surface area (Å²) in [5.74, 6) is 0.639. The molecule has 0 atom stereocenters. The fraction of sp³-hybridized carbons (Fsp3) is 0.273. The van der Waals surface area contributed by atoms with E-state index in [4.69, 9.17) is 28.6 Å². The number of thiocarbonyl (C=S) groups is 1. The first-order valence-corrected chi connectivity index (χ1v) is 5.86. The summed E-state index contributed by atoms with van der Waals surface area (Å²) in [7, 11) is 1.57. The molecule has 0 saturated heterocycles. The maximum absolute atomic E-state index is 5.98. The Kier molecular flexibility index (Phi) is 5.72. The van der Waals surface area contributed by atoms with E-state index in [9.17, 15) is 0 Å². The van der Waals surface area contributed by atoms with Crippen molar-refractivity contribution in [3.05, 3.63) is 28.8 Å². The fourth-order valence-corrected chi connectivity index (χ4v) is 1.59. The molecule has 1 aromatic rings. The molecule has 0 radical (unpaired) electrons. The molecule has 0 aromatic heterocycles. The lowest BCUT2D eigenvalue weighted by Crippen LogP contribution is -2.31. The fourth-order valence-electron chi connectivity index (χ4n) is 1.13. The van der Waals surface area contributed by atoms with Crippen LogP contribution in [0, 0.1) is 0 Å². The molecular formula is C11H14ClN3OS. The van der Waals surface area contributed by atoms with E-state index in [-0.39, 0.29) is 0 Å². The van der Waals surface area contributed by atoms with Crippen molar-refractivity contribution in [3.63, 3.8) is 0 Å². The lowest BCUT2D eigenvalue weighted by atomic mass is 10.2. The Balaban J connectivity index is 2.60. The number of hydrogen-bond acceptors (Lipinski definition) is 3. The highest BCUT2D eigenvalue weighted by Crippen LogP contribution is 2.24. The van der Waals surface area contributed by atoms with E-state index in [0.29, 0.717) is 15.9 Å². The number of benzene rings is 1. The van der Waals surface area contributed by atoms with Crippen molar-refractivity contribution in [3.8, 4) is 5.75 Å². The predicted molar refractivity (Wildman–Crippen MR) is 75.0 cm³/mol. The second kappa shape index (κ2) is 7.09. The minimum Gasteiger partial charge on any atom is -0.495 e. The van der Waals surface area contributed by atoms with Crippen LogP contribution in [-0.4, -0.2) is 25.0 Å². The molecule has 4 nitrogen and oxygen atoms in total. The number of hydrazone groups is 1. The van der Waals surface area contributed by atoms with Gasteiger partial charge in [-0.2, -0.15) is 5.10 Å². The van der Waals surface area contributed by atoms with E-state index < -0.39 is 0 Å². The number of halogens is 1. The second-order valence-electron chi connectivity index (χ2n) is 3.12. The molecule has 0 aliphatic heterocycles. The summed E-state index contributed by atoms with van der Waals surface area (Å²) in [5, 5.41) is 7.94. The Bertz CT molecular complexity index is 423. The van der Waals surface area contributed by atoms with Crippen molar-refractivity contribution in [2.45, 2.75) is 6.92 Å². The average Bonchev–Trinajstić information content (AvgIpc) is 2.29. The summed E-state index contributed by atoms with van der Waals surface area (Å²) in [6.07, 6.45) is 1.63. The number of nitrogens with one attached hydrogen (secondary N) is 2. The predicted octanol–water partition coefficient (Wildman–Crippen LogP) is 2.17. The summed E-state index contributed by atoms with van der Waals surface area (Å²) < 4.78 is 5.05. The van der Waals surface area contributed by atoms with Gasteiger partial charge in [0.05, 0.1) is 18.3 Å². The minimum absolute atomic E-state index is 0.489. The quantitative estimate of drug-likeness (QED) is 0.501. The SMILES string of the molecule is CCNC(=S)NN=Cc1ccc(OC)c(Cl)c1. The standard InChI is InChI=1S/C11H14ClN3OS/c1-3-13-11(17)15-14-7-8-4-5-10(16-2)9(12)6-8/h4-7H,3H2,1-2H3,(H2,13,15,17). The van der Waals surface area contributed by atoms with Crippen LogP contribution >= 0.6 is 23.8 Å². The van der Waals surface area contributed by atoms with Gasteiger partial charge in [0.1, 0.15) is 5.75 Å². The third-order valence-electron chi connectivity index (χ3n) is 1.89. The first-order valence-electron chi connectivity index (χ1n) is 5.07. The molecule has 0 fully saturated rings. The van der Waals surface area contributed by atoms with Crippen molar-refractivity contribution < 1.29 is 4.74 Å². The lowest BCUT2D eigenvalue weighted by molar-refractivity contribution is 0.415. The van der Waals surface area contributed by atoms with Crippen LogP contribution < -0.4 is 15.5 Å². The topological polar surface area (TPSA) is 45.7 Å². The van der Waals surface area contributed by atoms with Gasteiger partial charge in [0.2, 0.25) is 0 Å². The monoisotopic (exact) mass is 271 g/mol. The summed E-state index contributed by atoms with van der Waals surface area (Å²) in [4.78, 5) is 0. The molecule has 0 aliphatic rings. The summed E-state index contributed by atoms with van der Waals surface area (Å²) >= 11 is 10.9. The van der Waals surface area contributed by atoms with Gasteiger partial charge in [0, 0.05) is 6.54 Å². The molecule has 0 saturated carbocycles. The van der Waals surface area contributed by atoms with Crippen LogP contribution in [0.3, 0.4) is 0 Å². The normalized spacial score (nSPS) is 10.3. The van der Waals surface area contributed by atoms with Crippen LogP contribution in [0.4, 0.5) is 0 Å². The first-order chi connectivity index (χ1) is 8.17. The van der Waals surface area contributed by atoms with Crippen LogP contribution in [0.1, 0.15) is 12.5 Å². The third kappa shape index (κ3) is 4.58. The Morgan fingerprint density at radius 2 is 2.35 bits per heavy atom. The molecule has 0 spiro atoms. The molecule has 6 heteroatoms. The van der Waals surface area contributed by atoms with Crippen molar-refractivity contribution >= 4 is 35.1 Å². The van der Waals surface area contributed by atoms with E-state index in [2.05, 4.69) is 15.8 Å². The van der Waals surface area contributed by atoms with E-state index in [0.717, 1.165) is 12.1 Å². The van der Waals surface area contributed by atoms with Gasteiger partial charge in [-0.05, 0) is 42.9 Å². The summed E-state index contributed by atoms with van der Waals surface area (Å²) in [5.41, 5.74) is 3.56. The molecule has 0 bridgehead atoms. The van der Waals surface area contributed by atoms with Gasteiger partial charge in [-0.1, -0.05) is 11.6 Å². The molecule has 0 amide bonds. The molecule has 17 heavy (non-hydrogen) atoms. The van der Waals surface area contributed by atoms with Gasteiger partial charge in [-0.25, -0.2) is 0 Å². The van der Waals surface area contributed by atoms with Gasteiger partial charge in [-0.3, -0.25) is 5.43 Å². The van der Waals surface area contributed by atoms with Crippen molar-refractivity contribution in [1.82, 2.24) is 10.7 Å². The van der Waals surface area contributed by atoms with Gasteiger partial charge in [0.25, 0.3) is 0 Å². The number of nitrogens with zero attached hydrogens (tertiary/aromatic N) is 1. The molecule has 0 aliphatic carbocycles. The maximum atomic E-state index is 5.98. The molecular weight excluding hydrogens is 258 g/mol. The highest BCUT2D eigenvalue weighted by atomic mass is 35.5. The minimum atomic E-state index is 0.489. The van der Waals surface area contributed by atoms with Crippen LogP contribution in [0.25, 0.3) is 0 Å². The van der Waals surface area contributed by atoms with E-state index in [1.807, 2.05) is 13.0 Å². The Morgan fingerprint density at radius 1 is 1.59 bits per heavy atom. The van der Waals surface area contributed by atoms with E-state index in [1.165, 1.54) is 0 Å². The molecule has 1 rings (SSSR count). The molecule has 0 heterocycles. The second-order valence-corrected chi connectivity index (χ2v) is 3.94. The zero-order valence-corrected chi connectivity index (χ0v) is 11.2. The molecule has 92 valence electrons. The molecule has 2 N–H and O–H groups in total. The number of hydrogen-bond donors (Lipinski definition) is 2. The van der Waals surface area contributed by atoms with Crippen LogP contribution in [-0.2, 0) is 0 Å². The molecule has 1 aromatic carbocycles. The Morgan fingerprint density at radius 3 is 2.94 bits per heavy atom. The highest BCUT2D eigenvalue weighted by Gasteiger charge is 1.99. The summed E-state index contributed by atoms with van der Waals surface area (Å²) in [6, 6.07) is 5.40. The Hall–Kier alpha value is -1.33. The van der Waals surface area contributed by atoms with Crippen molar-refractivity contribution in [2.75, 3.05) is 13.7 Å². The van der Waals surface area contributed by atoms with Gasteiger partial charge < -0.3 is 10.1 Å². The summed E-state index contributed by atoms with van der Waals surface area (Å²) in [6.45, 7) is 2.72. The third-order valence-corrected chi connectivity index (χ3v) is 2.42. The number of methoxy groups -OCH3 is 1. The lowest BCUT2D eigenvalue weighted by Gasteiger charge is -2.04. The van der Waals surface area contributed by atoms with E-state index in [1.54, 1.807) is 25.5 Å². The zero-order valence-electron chi connectivity index (χ0n) is 9.66. The smallest absolute Gasteiger partial charge is 0.186 e. The Labute approximate surface area is 111 Å². The van der Waals surface area contributed by atoms with Gasteiger partial charge in [-0.15, -0.1) is 0 Å². The first kappa shape index (κ1) is 13.7. The van der Waals surface area contributed by atoms with E-state index >= 15 is 0 Å². The maximum Gasteiger partial charge on any atom is 0.186 e. The average molecular weight is 272 g/mol.